The molecule has 15 heavy (non-hydrogen) atoms. The maximum atomic E-state index is 13.0. The first kappa shape index (κ1) is 10.4. The summed E-state index contributed by atoms with van der Waals surface area (Å²) in [6.07, 6.45) is 2.44. The number of rotatable bonds is 4. The molecule has 1 aliphatic rings. The van der Waals surface area contributed by atoms with Gasteiger partial charge in [0.05, 0.1) is 0 Å². The molecule has 1 aromatic carbocycles. The van der Waals surface area contributed by atoms with Crippen LogP contribution in [0, 0.1) is 11.7 Å². The van der Waals surface area contributed by atoms with Gasteiger partial charge in [0, 0.05) is 17.8 Å². The molecule has 0 bridgehead atoms. The van der Waals surface area contributed by atoms with Gasteiger partial charge in [-0.1, -0.05) is 6.07 Å². The van der Waals surface area contributed by atoms with Gasteiger partial charge in [0.25, 0.3) is 0 Å². The number of halogens is 1. The number of hydrogen-bond donors (Lipinski definition) is 2. The molecule has 0 heterocycles. The topological polar surface area (TPSA) is 38.0 Å². The maximum absolute atomic E-state index is 13.0. The van der Waals surface area contributed by atoms with Gasteiger partial charge >= 0.3 is 0 Å². The van der Waals surface area contributed by atoms with Crippen LogP contribution in [-0.4, -0.2) is 12.1 Å². The van der Waals surface area contributed by atoms with Crippen molar-refractivity contribution in [3.8, 4) is 0 Å². The standard InChI is InChI=1S/C12H17FN2/c1-12(8-14,9-5-6-9)15-11-4-2-3-10(13)7-11/h2-4,7,9,15H,5-6,8,14H2,1H3. The van der Waals surface area contributed by atoms with E-state index in [4.69, 9.17) is 5.73 Å². The van der Waals surface area contributed by atoms with Crippen molar-refractivity contribution < 1.29 is 4.39 Å². The van der Waals surface area contributed by atoms with E-state index < -0.39 is 0 Å². The zero-order valence-electron chi connectivity index (χ0n) is 8.96. The van der Waals surface area contributed by atoms with Crippen LogP contribution in [0.5, 0.6) is 0 Å². The van der Waals surface area contributed by atoms with Gasteiger partial charge in [0.1, 0.15) is 5.82 Å². The summed E-state index contributed by atoms with van der Waals surface area (Å²) in [7, 11) is 0. The van der Waals surface area contributed by atoms with Crippen molar-refractivity contribution >= 4 is 5.69 Å². The van der Waals surface area contributed by atoms with E-state index in [1.54, 1.807) is 6.07 Å². The summed E-state index contributed by atoms with van der Waals surface area (Å²) < 4.78 is 13.0. The number of benzene rings is 1. The summed E-state index contributed by atoms with van der Waals surface area (Å²) in [6, 6.07) is 6.54. The second-order valence-electron chi connectivity index (χ2n) is 4.53. The van der Waals surface area contributed by atoms with E-state index in [9.17, 15) is 4.39 Å². The van der Waals surface area contributed by atoms with Crippen LogP contribution in [0.25, 0.3) is 0 Å². The second-order valence-corrected chi connectivity index (χ2v) is 4.53. The minimum Gasteiger partial charge on any atom is -0.378 e. The average Bonchev–Trinajstić information content (AvgIpc) is 3.01. The van der Waals surface area contributed by atoms with Gasteiger partial charge in [0.15, 0.2) is 0 Å². The predicted molar refractivity (Wildman–Crippen MR) is 60.2 cm³/mol. The molecule has 0 aliphatic heterocycles. The molecule has 3 N–H and O–H groups in total. The summed E-state index contributed by atoms with van der Waals surface area (Å²) >= 11 is 0. The summed E-state index contributed by atoms with van der Waals surface area (Å²) in [5, 5.41) is 3.34. The lowest BCUT2D eigenvalue weighted by Gasteiger charge is -2.30. The normalized spacial score (nSPS) is 19.7. The zero-order valence-corrected chi connectivity index (χ0v) is 8.96. The van der Waals surface area contributed by atoms with Gasteiger partial charge < -0.3 is 11.1 Å². The Morgan fingerprint density at radius 3 is 2.80 bits per heavy atom. The Hall–Kier alpha value is -1.09. The minimum absolute atomic E-state index is 0.0895. The van der Waals surface area contributed by atoms with Crippen LogP contribution >= 0.6 is 0 Å². The van der Waals surface area contributed by atoms with E-state index in [0.29, 0.717) is 12.5 Å². The molecule has 1 saturated carbocycles. The van der Waals surface area contributed by atoms with Crippen LogP contribution in [-0.2, 0) is 0 Å². The Morgan fingerprint density at radius 2 is 2.27 bits per heavy atom. The molecule has 0 aromatic heterocycles. The molecule has 82 valence electrons. The Bertz CT molecular complexity index is 349. The lowest BCUT2D eigenvalue weighted by atomic mass is 9.95. The Morgan fingerprint density at radius 1 is 1.53 bits per heavy atom. The van der Waals surface area contributed by atoms with E-state index >= 15 is 0 Å². The lowest BCUT2D eigenvalue weighted by molar-refractivity contribution is 0.459. The highest BCUT2D eigenvalue weighted by atomic mass is 19.1. The van der Waals surface area contributed by atoms with E-state index in [2.05, 4.69) is 12.2 Å². The highest BCUT2D eigenvalue weighted by molar-refractivity contribution is 5.46. The van der Waals surface area contributed by atoms with Crippen molar-refractivity contribution in [2.24, 2.45) is 11.7 Å². The van der Waals surface area contributed by atoms with Gasteiger partial charge in [-0.3, -0.25) is 0 Å². The van der Waals surface area contributed by atoms with E-state index in [-0.39, 0.29) is 11.4 Å². The summed E-state index contributed by atoms with van der Waals surface area (Å²) in [4.78, 5) is 0. The van der Waals surface area contributed by atoms with Gasteiger partial charge in [0.2, 0.25) is 0 Å². The third-order valence-corrected chi connectivity index (χ3v) is 3.16. The first-order valence-electron chi connectivity index (χ1n) is 5.38. The molecule has 1 aromatic rings. The maximum Gasteiger partial charge on any atom is 0.125 e. The Kier molecular flexibility index (Phi) is 2.65. The smallest absolute Gasteiger partial charge is 0.125 e. The summed E-state index contributed by atoms with van der Waals surface area (Å²) in [5.41, 5.74) is 6.50. The lowest BCUT2D eigenvalue weighted by Crippen LogP contribution is -2.44. The quantitative estimate of drug-likeness (QED) is 0.797. The number of nitrogens with one attached hydrogen (secondary N) is 1. The average molecular weight is 208 g/mol. The SMILES string of the molecule is CC(CN)(Nc1cccc(F)c1)C1CC1. The predicted octanol–water partition coefficient (Wildman–Crippen LogP) is 2.37. The van der Waals surface area contributed by atoms with Crippen molar-refractivity contribution in [3.05, 3.63) is 30.1 Å². The fourth-order valence-electron chi connectivity index (χ4n) is 1.94. The van der Waals surface area contributed by atoms with Gasteiger partial charge in [-0.15, -0.1) is 0 Å². The fraction of sp³-hybridized carbons (Fsp3) is 0.500. The molecule has 3 heteroatoms. The number of nitrogens with two attached hydrogens (primary N) is 1. The molecule has 1 aliphatic carbocycles. The van der Waals surface area contributed by atoms with Crippen molar-refractivity contribution in [1.29, 1.82) is 0 Å². The number of hydrogen-bond acceptors (Lipinski definition) is 2. The van der Waals surface area contributed by atoms with Crippen LogP contribution in [0.3, 0.4) is 0 Å². The highest BCUT2D eigenvalue weighted by Gasteiger charge is 2.40. The van der Waals surface area contributed by atoms with Crippen molar-refractivity contribution in [3.63, 3.8) is 0 Å². The Labute approximate surface area is 89.7 Å². The molecule has 2 rings (SSSR count). The van der Waals surface area contributed by atoms with Gasteiger partial charge in [-0.25, -0.2) is 4.39 Å². The van der Waals surface area contributed by atoms with Crippen LogP contribution in [0.1, 0.15) is 19.8 Å². The van der Waals surface area contributed by atoms with Crippen molar-refractivity contribution in [2.75, 3.05) is 11.9 Å². The van der Waals surface area contributed by atoms with Crippen LogP contribution in [0.4, 0.5) is 10.1 Å². The molecule has 1 atom stereocenters. The molecular formula is C12H17FN2. The van der Waals surface area contributed by atoms with E-state index in [1.807, 2.05) is 6.07 Å². The monoisotopic (exact) mass is 208 g/mol. The summed E-state index contributed by atoms with van der Waals surface area (Å²) in [5.74, 6) is 0.418. The third kappa shape index (κ3) is 2.29. The number of anilines is 1. The Balaban J connectivity index is 2.12. The van der Waals surface area contributed by atoms with Crippen molar-refractivity contribution in [1.82, 2.24) is 0 Å². The molecule has 1 fully saturated rings. The second kappa shape index (κ2) is 3.81. The van der Waals surface area contributed by atoms with E-state index in [0.717, 1.165) is 5.69 Å². The molecule has 0 radical (unpaired) electrons. The molecule has 0 saturated heterocycles. The molecule has 2 nitrogen and oxygen atoms in total. The molecule has 0 spiro atoms. The molecular weight excluding hydrogens is 191 g/mol. The van der Waals surface area contributed by atoms with E-state index in [1.165, 1.54) is 25.0 Å². The van der Waals surface area contributed by atoms with Crippen LogP contribution in [0.15, 0.2) is 24.3 Å². The highest BCUT2D eigenvalue weighted by Crippen LogP contribution is 2.40. The minimum atomic E-state index is -0.213. The van der Waals surface area contributed by atoms with Crippen LogP contribution in [0.2, 0.25) is 0 Å². The van der Waals surface area contributed by atoms with Crippen LogP contribution < -0.4 is 11.1 Å². The first-order chi connectivity index (χ1) is 7.14. The van der Waals surface area contributed by atoms with Crippen molar-refractivity contribution in [2.45, 2.75) is 25.3 Å². The van der Waals surface area contributed by atoms with Gasteiger partial charge in [-0.05, 0) is 43.9 Å². The summed E-state index contributed by atoms with van der Waals surface area (Å²) in [6.45, 7) is 2.68. The fourth-order valence-corrected chi connectivity index (χ4v) is 1.94. The molecule has 1 unspecified atom stereocenters. The van der Waals surface area contributed by atoms with Gasteiger partial charge in [-0.2, -0.15) is 0 Å². The molecule has 0 amide bonds. The first-order valence-corrected chi connectivity index (χ1v) is 5.38. The largest absolute Gasteiger partial charge is 0.378 e. The zero-order chi connectivity index (χ0) is 10.9. The third-order valence-electron chi connectivity index (χ3n) is 3.16.